The van der Waals surface area contributed by atoms with Crippen LogP contribution in [0.2, 0.25) is 0 Å². The Morgan fingerprint density at radius 2 is 1.07 bits per heavy atom. The molecule has 4 atom stereocenters. The predicted molar refractivity (Wildman–Crippen MR) is 360 cm³/mol. The number of amides is 3. The lowest BCUT2D eigenvalue weighted by atomic mass is 9.95. The Balaban J connectivity index is 0.000000215. The van der Waals surface area contributed by atoms with E-state index in [1.165, 1.54) is 12.8 Å². The molecule has 4 N–H and O–H groups in total. The second-order valence-electron chi connectivity index (χ2n) is 25.3. The van der Waals surface area contributed by atoms with Gasteiger partial charge in [-0.3, -0.25) is 9.59 Å². The lowest BCUT2D eigenvalue weighted by molar-refractivity contribution is -0.137. The number of fused-ring (bicyclic) bond motifs is 4. The molecule has 21 heteroatoms. The van der Waals surface area contributed by atoms with Crippen molar-refractivity contribution >= 4 is 67.9 Å². The lowest BCUT2D eigenvalue weighted by Crippen LogP contribution is -2.46. The van der Waals surface area contributed by atoms with Crippen molar-refractivity contribution in [3.63, 3.8) is 0 Å². The number of nitrogens with zero attached hydrogens (tertiary/aromatic N) is 7. The monoisotopic (exact) mass is 1260 g/mol. The van der Waals surface area contributed by atoms with E-state index in [0.717, 1.165) is 119 Å². The van der Waals surface area contributed by atoms with Gasteiger partial charge in [-0.15, -0.1) is 0 Å². The summed E-state index contributed by atoms with van der Waals surface area (Å²) in [5, 5.41) is 22.7. The number of carboxylic acids is 1. The van der Waals surface area contributed by atoms with Gasteiger partial charge in [0.1, 0.15) is 33.9 Å². The summed E-state index contributed by atoms with van der Waals surface area (Å²) < 4.78 is 36.3. The summed E-state index contributed by atoms with van der Waals surface area (Å²) >= 11 is 0. The number of ether oxygens (including phenoxy) is 6. The molecule has 0 radical (unpaired) electrons. The number of piperidine rings is 2. The Labute approximate surface area is 541 Å². The molecule has 10 rings (SSSR count). The number of methoxy groups -OCH3 is 4. The SMILES string of the molecule is C.CC(C)(C)OC(=O)N[C@@H](CC(=O)O)Cc1ccc2ccccc2c1.COCCCn1c(C2CCCN(C(=O)C[C@@H](Cc3ccc4ccccc4c3)NC(=O)OC(C)(C)C)C2)nc2ccc(OC)nc21.COCCCn1c(C2CCCNC2)nc2ccc(OC)nc21. The highest BCUT2D eigenvalue weighted by molar-refractivity contribution is 5.84. The number of nitrogens with one attached hydrogen (secondary N) is 3. The maximum atomic E-state index is 13.9. The van der Waals surface area contributed by atoms with Crippen LogP contribution in [-0.2, 0) is 54.5 Å². The zero-order valence-corrected chi connectivity index (χ0v) is 54.6. The third kappa shape index (κ3) is 20.8. The molecule has 496 valence electrons. The van der Waals surface area contributed by atoms with Crippen molar-refractivity contribution in [1.29, 1.82) is 0 Å². The van der Waals surface area contributed by atoms with Crippen molar-refractivity contribution in [3.05, 3.63) is 132 Å². The summed E-state index contributed by atoms with van der Waals surface area (Å²) in [6.45, 7) is 17.1. The standard InChI is InChI=1S/C35H45N5O5.C19H23NO4.C16H24N4O2.CH4/c1-35(2,3)45-34(42)36-28(21-24-13-14-25-10-6-7-11-26(25)20-24)22-31(41)39-17-8-12-27(23-39)32-37-29-15-16-30(44-5)38-33(29)40(32)18-9-19-43-4;1-19(2,3)24-18(23)20-16(12-17(21)22)11-13-8-9-14-6-4-5-7-15(14)10-13;1-21-10-4-9-20-15(12-5-3-8-17-11-12)18-13-6-7-14(22-2)19-16(13)20;/h6-7,10-11,13-16,20,27-28H,8-9,12,17-19,21-23H2,1-5H3,(H,36,42);4-10,16H,11-12H2,1-3H3,(H,20,23)(H,21,22);6-7,12,17H,3-5,8-11H2,1-2H3;1H4/t27?,28-;16-;;/m11../s1. The van der Waals surface area contributed by atoms with Gasteiger partial charge in [-0.2, -0.15) is 9.97 Å². The number of carbonyl (C=O) groups excluding carboxylic acids is 3. The quantitative estimate of drug-likeness (QED) is 0.0461. The summed E-state index contributed by atoms with van der Waals surface area (Å²) in [6.07, 6.45) is 5.75. The van der Waals surface area contributed by atoms with Crippen LogP contribution in [0.5, 0.6) is 11.8 Å². The highest BCUT2D eigenvalue weighted by Crippen LogP contribution is 2.32. The van der Waals surface area contributed by atoms with Gasteiger partial charge in [0.2, 0.25) is 17.7 Å². The third-order valence-corrected chi connectivity index (χ3v) is 15.7. The first kappa shape index (κ1) is 71.0. The average Bonchev–Trinajstić information content (AvgIpc) is 1.64. The van der Waals surface area contributed by atoms with Gasteiger partial charge in [0, 0.05) is 103 Å². The second-order valence-corrected chi connectivity index (χ2v) is 25.3. The molecule has 6 heterocycles. The Morgan fingerprint density at radius 3 is 1.51 bits per heavy atom. The summed E-state index contributed by atoms with van der Waals surface area (Å²) in [5.74, 6) is 2.80. The number of benzene rings is 4. The van der Waals surface area contributed by atoms with E-state index in [1.54, 1.807) is 49.2 Å². The highest BCUT2D eigenvalue weighted by atomic mass is 16.6. The summed E-state index contributed by atoms with van der Waals surface area (Å²) in [7, 11) is 6.69. The minimum atomic E-state index is -0.961. The van der Waals surface area contributed by atoms with E-state index in [4.69, 9.17) is 48.5 Å². The molecule has 4 aromatic heterocycles. The summed E-state index contributed by atoms with van der Waals surface area (Å²) in [5.41, 5.74) is 4.19. The Morgan fingerprint density at radius 1 is 0.598 bits per heavy atom. The molecule has 0 aliphatic carbocycles. The maximum absolute atomic E-state index is 13.9. The molecule has 2 aliphatic rings. The number of imidazole rings is 2. The van der Waals surface area contributed by atoms with Crippen LogP contribution in [0.3, 0.4) is 0 Å². The van der Waals surface area contributed by atoms with Crippen molar-refractivity contribution in [2.24, 2.45) is 0 Å². The van der Waals surface area contributed by atoms with Gasteiger partial charge >= 0.3 is 18.2 Å². The van der Waals surface area contributed by atoms with E-state index in [-0.39, 0.29) is 32.1 Å². The third-order valence-electron chi connectivity index (χ3n) is 15.7. The number of aryl methyl sites for hydroxylation is 2. The smallest absolute Gasteiger partial charge is 0.407 e. The highest BCUT2D eigenvalue weighted by Gasteiger charge is 2.32. The normalized spacial score (nSPS) is 15.7. The van der Waals surface area contributed by atoms with Gasteiger partial charge in [0.05, 0.1) is 20.6 Å². The number of aromatic nitrogens is 6. The number of likely N-dealkylation sites (tertiary alicyclic amines) is 1. The number of carboxylic acid groups (broad SMARTS) is 1. The molecule has 0 bridgehead atoms. The largest absolute Gasteiger partial charge is 0.481 e. The lowest BCUT2D eigenvalue weighted by Gasteiger charge is -2.34. The molecule has 2 unspecified atom stereocenters. The molecular weight excluding hydrogens is 1170 g/mol. The van der Waals surface area contributed by atoms with Gasteiger partial charge in [0.25, 0.3) is 0 Å². The minimum Gasteiger partial charge on any atom is -0.481 e. The topological polar surface area (TPSA) is 245 Å². The molecule has 0 saturated carbocycles. The van der Waals surface area contributed by atoms with Gasteiger partial charge in [-0.05, 0) is 144 Å². The Kier molecular flexibility index (Phi) is 26.1. The first-order chi connectivity index (χ1) is 43.7. The van der Waals surface area contributed by atoms with Crippen LogP contribution in [-0.4, -0.2) is 154 Å². The molecule has 21 nitrogen and oxygen atoms in total. The zero-order chi connectivity index (χ0) is 65.1. The van der Waals surface area contributed by atoms with E-state index in [0.29, 0.717) is 56.8 Å². The number of aliphatic carboxylic acids is 1. The molecular formula is C71H96N10O11. The van der Waals surface area contributed by atoms with Crippen LogP contribution in [0.15, 0.2) is 109 Å². The molecule has 0 spiro atoms. The molecule has 2 saturated heterocycles. The number of hydrogen-bond acceptors (Lipinski definition) is 15. The fourth-order valence-corrected chi connectivity index (χ4v) is 11.7. The van der Waals surface area contributed by atoms with Crippen LogP contribution < -0.4 is 25.4 Å². The molecule has 92 heavy (non-hydrogen) atoms. The zero-order valence-electron chi connectivity index (χ0n) is 54.6. The molecule has 3 amide bonds. The number of alkyl carbamates (subject to hydrolysis) is 2. The van der Waals surface area contributed by atoms with E-state index >= 15 is 0 Å². The van der Waals surface area contributed by atoms with Gasteiger partial charge in [0.15, 0.2) is 11.3 Å². The second kappa shape index (κ2) is 33.8. The fraction of sp³-hybridized carbons (Fsp3) is 0.493. The van der Waals surface area contributed by atoms with Crippen molar-refractivity contribution in [1.82, 2.24) is 49.9 Å². The van der Waals surface area contributed by atoms with Crippen LogP contribution in [0, 0.1) is 0 Å². The molecule has 4 aromatic carbocycles. The maximum Gasteiger partial charge on any atom is 0.407 e. The van der Waals surface area contributed by atoms with E-state index in [9.17, 15) is 19.2 Å². The number of hydrogen-bond donors (Lipinski definition) is 4. The van der Waals surface area contributed by atoms with E-state index in [1.807, 2.05) is 105 Å². The van der Waals surface area contributed by atoms with Crippen LogP contribution >= 0.6 is 0 Å². The number of rotatable bonds is 22. The Bertz CT molecular complexity index is 3700. The van der Waals surface area contributed by atoms with E-state index < -0.39 is 41.4 Å². The summed E-state index contributed by atoms with van der Waals surface area (Å²) in [6, 6.07) is 35.0. The minimum absolute atomic E-state index is 0. The predicted octanol–water partition coefficient (Wildman–Crippen LogP) is 12.2. The summed E-state index contributed by atoms with van der Waals surface area (Å²) in [4.78, 5) is 70.8. The van der Waals surface area contributed by atoms with Crippen molar-refractivity contribution in [2.75, 3.05) is 67.8 Å². The average molecular weight is 1270 g/mol. The Hall–Kier alpha value is -8.40. The van der Waals surface area contributed by atoms with Crippen molar-refractivity contribution in [2.45, 2.75) is 161 Å². The van der Waals surface area contributed by atoms with Crippen LogP contribution in [0.1, 0.15) is 135 Å². The number of carbonyl (C=O) groups is 4. The van der Waals surface area contributed by atoms with E-state index in [2.05, 4.69) is 60.4 Å². The van der Waals surface area contributed by atoms with Crippen molar-refractivity contribution in [3.8, 4) is 11.8 Å². The molecule has 2 aliphatic heterocycles. The molecule has 8 aromatic rings. The van der Waals surface area contributed by atoms with Crippen LogP contribution in [0.4, 0.5) is 9.59 Å². The molecule has 2 fully saturated rings. The first-order valence-corrected chi connectivity index (χ1v) is 31.6. The van der Waals surface area contributed by atoms with Gasteiger partial charge in [-0.25, -0.2) is 19.6 Å². The van der Waals surface area contributed by atoms with Crippen LogP contribution in [0.25, 0.3) is 43.9 Å². The fourth-order valence-electron chi connectivity index (χ4n) is 11.7. The van der Waals surface area contributed by atoms with Gasteiger partial charge < -0.3 is 63.5 Å². The first-order valence-electron chi connectivity index (χ1n) is 31.6. The van der Waals surface area contributed by atoms with Gasteiger partial charge in [-0.1, -0.05) is 92.4 Å². The number of pyridine rings is 2. The van der Waals surface area contributed by atoms with Crippen molar-refractivity contribution < 1.29 is 52.7 Å².